The summed E-state index contributed by atoms with van der Waals surface area (Å²) in [6.45, 7) is 3.48. The van der Waals surface area contributed by atoms with E-state index in [0.717, 1.165) is 0 Å². The smallest absolute Gasteiger partial charge is 0.163 e. The Kier molecular flexibility index (Phi) is 3.39. The average molecular weight is 223 g/mol. The van der Waals surface area contributed by atoms with Crippen LogP contribution >= 0.6 is 11.6 Å². The van der Waals surface area contributed by atoms with E-state index in [1.54, 1.807) is 32.0 Å². The molecule has 0 amide bonds. The fourth-order valence-corrected chi connectivity index (χ4v) is 1.24. The van der Waals surface area contributed by atoms with Crippen LogP contribution in [0.25, 0.3) is 0 Å². The minimum atomic E-state index is -0.761. The zero-order chi connectivity index (χ0) is 11.5. The van der Waals surface area contributed by atoms with E-state index in [2.05, 4.69) is 5.92 Å². The van der Waals surface area contributed by atoms with Crippen LogP contribution in [-0.2, 0) is 0 Å². The van der Waals surface area contributed by atoms with Gasteiger partial charge in [-0.2, -0.15) is 0 Å². The van der Waals surface area contributed by atoms with Crippen molar-refractivity contribution in [3.8, 4) is 18.1 Å². The number of ether oxygens (including phenoxy) is 1. The molecule has 3 heteroatoms. The summed E-state index contributed by atoms with van der Waals surface area (Å²) in [5, 5.41) is 0.357. The fourth-order valence-electron chi connectivity index (χ4n) is 1.02. The molecule has 1 aromatic carbocycles. The van der Waals surface area contributed by atoms with Gasteiger partial charge >= 0.3 is 0 Å². The minimum Gasteiger partial charge on any atom is -0.474 e. The monoisotopic (exact) mass is 222 g/mol. The van der Waals surface area contributed by atoms with Gasteiger partial charge in [0.1, 0.15) is 5.75 Å². The van der Waals surface area contributed by atoms with Crippen LogP contribution in [-0.4, -0.2) is 11.9 Å². The third-order valence-electron chi connectivity index (χ3n) is 1.84. The maximum Gasteiger partial charge on any atom is 0.163 e. The zero-order valence-corrected chi connectivity index (χ0v) is 9.34. The molecule has 0 aliphatic rings. The van der Waals surface area contributed by atoms with Crippen LogP contribution in [0.5, 0.6) is 5.75 Å². The summed E-state index contributed by atoms with van der Waals surface area (Å²) in [7, 11) is 0. The van der Waals surface area contributed by atoms with Crippen LogP contribution in [0.4, 0.5) is 0 Å². The third kappa shape index (κ3) is 2.74. The van der Waals surface area contributed by atoms with Crippen molar-refractivity contribution in [2.45, 2.75) is 19.4 Å². The first-order chi connectivity index (χ1) is 7.00. The van der Waals surface area contributed by atoms with Crippen molar-refractivity contribution in [3.05, 3.63) is 28.8 Å². The maximum atomic E-state index is 10.8. The number of hydrogen-bond donors (Lipinski definition) is 0. The van der Waals surface area contributed by atoms with E-state index in [9.17, 15) is 4.79 Å². The van der Waals surface area contributed by atoms with Crippen molar-refractivity contribution < 1.29 is 9.53 Å². The van der Waals surface area contributed by atoms with Gasteiger partial charge in [-0.1, -0.05) is 23.6 Å². The number of benzene rings is 1. The van der Waals surface area contributed by atoms with Gasteiger partial charge in [0, 0.05) is 0 Å². The molecule has 0 unspecified atom stereocenters. The van der Waals surface area contributed by atoms with Gasteiger partial charge in [0.15, 0.2) is 11.9 Å². The van der Waals surface area contributed by atoms with Gasteiger partial charge in [-0.15, -0.1) is 6.42 Å². The first kappa shape index (κ1) is 11.6. The minimum absolute atomic E-state index is 0.322. The van der Waals surface area contributed by atoms with Crippen molar-refractivity contribution >= 4 is 17.9 Å². The molecule has 0 aromatic heterocycles. The molecule has 0 radical (unpaired) electrons. The molecular formula is C12H11ClO2. The van der Waals surface area contributed by atoms with Gasteiger partial charge in [0.2, 0.25) is 0 Å². The SMILES string of the molecule is C#CC(C)(C)Oc1cccc(Cl)c1C=O. The molecule has 78 valence electrons. The number of carbonyl (C=O) groups is 1. The molecule has 0 saturated heterocycles. The molecule has 0 saturated carbocycles. The van der Waals surface area contributed by atoms with Gasteiger partial charge in [-0.05, 0) is 26.0 Å². The lowest BCUT2D eigenvalue weighted by Gasteiger charge is -2.21. The van der Waals surface area contributed by atoms with Crippen LogP contribution in [0, 0.1) is 12.3 Å². The maximum absolute atomic E-state index is 10.8. The van der Waals surface area contributed by atoms with Crippen molar-refractivity contribution in [2.24, 2.45) is 0 Å². The number of carbonyl (C=O) groups excluding carboxylic acids is 1. The summed E-state index contributed by atoms with van der Waals surface area (Å²) < 4.78 is 5.50. The van der Waals surface area contributed by atoms with Crippen LogP contribution in [0.1, 0.15) is 24.2 Å². The Morgan fingerprint density at radius 2 is 2.20 bits per heavy atom. The fraction of sp³-hybridized carbons (Fsp3) is 0.250. The largest absolute Gasteiger partial charge is 0.474 e. The van der Waals surface area contributed by atoms with Crippen molar-refractivity contribution in [3.63, 3.8) is 0 Å². The first-order valence-electron chi connectivity index (χ1n) is 4.40. The van der Waals surface area contributed by atoms with E-state index in [-0.39, 0.29) is 0 Å². The number of aldehydes is 1. The Labute approximate surface area is 94.2 Å². The molecule has 15 heavy (non-hydrogen) atoms. The van der Waals surface area contributed by atoms with Gasteiger partial charge in [-0.25, -0.2) is 0 Å². The summed E-state index contributed by atoms with van der Waals surface area (Å²) in [6.07, 6.45) is 5.94. The topological polar surface area (TPSA) is 26.3 Å². The van der Waals surface area contributed by atoms with E-state index in [4.69, 9.17) is 22.8 Å². The molecule has 1 aromatic rings. The Balaban J connectivity index is 3.11. The second-order valence-electron chi connectivity index (χ2n) is 3.53. The van der Waals surface area contributed by atoms with Crippen LogP contribution in [0.15, 0.2) is 18.2 Å². The molecule has 0 N–H and O–H groups in total. The molecule has 0 heterocycles. The van der Waals surface area contributed by atoms with Crippen molar-refractivity contribution in [1.82, 2.24) is 0 Å². The lowest BCUT2D eigenvalue weighted by atomic mass is 10.1. The van der Waals surface area contributed by atoms with E-state index in [0.29, 0.717) is 22.6 Å². The summed E-state index contributed by atoms with van der Waals surface area (Å²) in [6, 6.07) is 4.99. The van der Waals surface area contributed by atoms with Crippen molar-refractivity contribution in [2.75, 3.05) is 0 Å². The highest BCUT2D eigenvalue weighted by Crippen LogP contribution is 2.27. The van der Waals surface area contributed by atoms with Crippen LogP contribution in [0.2, 0.25) is 5.02 Å². The van der Waals surface area contributed by atoms with Gasteiger partial charge < -0.3 is 4.74 Å². The van der Waals surface area contributed by atoms with Gasteiger partial charge in [0.05, 0.1) is 10.6 Å². The van der Waals surface area contributed by atoms with Crippen LogP contribution < -0.4 is 4.74 Å². The number of halogens is 1. The highest BCUT2D eigenvalue weighted by molar-refractivity contribution is 6.33. The van der Waals surface area contributed by atoms with Gasteiger partial charge in [-0.3, -0.25) is 4.79 Å². The summed E-state index contributed by atoms with van der Waals surface area (Å²) in [4.78, 5) is 10.8. The lowest BCUT2D eigenvalue weighted by molar-refractivity contribution is 0.111. The van der Waals surface area contributed by atoms with Crippen LogP contribution in [0.3, 0.4) is 0 Å². The summed E-state index contributed by atoms with van der Waals surface area (Å²) >= 11 is 5.84. The van der Waals surface area contributed by atoms with Gasteiger partial charge in [0.25, 0.3) is 0 Å². The van der Waals surface area contributed by atoms with E-state index in [1.165, 1.54) is 0 Å². The molecule has 0 bridgehead atoms. The number of terminal acetylenes is 1. The Hall–Kier alpha value is -1.46. The molecular weight excluding hydrogens is 212 g/mol. The molecule has 0 spiro atoms. The standard InChI is InChI=1S/C12H11ClO2/c1-4-12(2,3)15-11-7-5-6-10(13)9(11)8-14/h1,5-8H,2-3H3. The second-order valence-corrected chi connectivity index (χ2v) is 3.93. The predicted octanol–water partition coefficient (Wildman–Crippen LogP) is 2.94. The van der Waals surface area contributed by atoms with Crippen molar-refractivity contribution in [1.29, 1.82) is 0 Å². The number of rotatable bonds is 3. The zero-order valence-electron chi connectivity index (χ0n) is 8.58. The quantitative estimate of drug-likeness (QED) is 0.581. The van der Waals surface area contributed by atoms with E-state index in [1.807, 2.05) is 0 Å². The highest BCUT2D eigenvalue weighted by atomic mass is 35.5. The normalized spacial score (nSPS) is 10.5. The average Bonchev–Trinajstić information content (AvgIpc) is 2.18. The second kappa shape index (κ2) is 4.37. The number of hydrogen-bond acceptors (Lipinski definition) is 2. The predicted molar refractivity (Wildman–Crippen MR) is 60.4 cm³/mol. The highest BCUT2D eigenvalue weighted by Gasteiger charge is 2.18. The Morgan fingerprint density at radius 3 is 2.73 bits per heavy atom. The van der Waals surface area contributed by atoms with E-state index < -0.39 is 5.60 Å². The van der Waals surface area contributed by atoms with E-state index >= 15 is 0 Å². The lowest BCUT2D eigenvalue weighted by Crippen LogP contribution is -2.26. The Bertz CT molecular complexity index is 416. The third-order valence-corrected chi connectivity index (χ3v) is 2.17. The first-order valence-corrected chi connectivity index (χ1v) is 4.78. The molecule has 2 nitrogen and oxygen atoms in total. The molecule has 1 rings (SSSR count). The Morgan fingerprint density at radius 1 is 1.53 bits per heavy atom. The molecule has 0 fully saturated rings. The molecule has 0 aliphatic carbocycles. The summed E-state index contributed by atoms with van der Waals surface area (Å²) in [5.41, 5.74) is -0.440. The molecule has 0 aliphatic heterocycles. The summed E-state index contributed by atoms with van der Waals surface area (Å²) in [5.74, 6) is 2.88. The molecule has 0 atom stereocenters.